The first kappa shape index (κ1) is 18.4. The number of aryl methyl sites for hydroxylation is 1. The Bertz CT molecular complexity index is 864. The van der Waals surface area contributed by atoms with E-state index in [-0.39, 0.29) is 0 Å². The van der Waals surface area contributed by atoms with Gasteiger partial charge in [0.2, 0.25) is 10.0 Å². The molecule has 0 saturated carbocycles. The van der Waals surface area contributed by atoms with Crippen molar-refractivity contribution in [3.8, 4) is 0 Å². The van der Waals surface area contributed by atoms with Crippen LogP contribution in [0, 0.1) is 0 Å². The van der Waals surface area contributed by atoms with Gasteiger partial charge in [0.1, 0.15) is 10.7 Å². The zero-order chi connectivity index (χ0) is 18.9. The van der Waals surface area contributed by atoms with Crippen LogP contribution in [0.4, 0.5) is 5.82 Å². The van der Waals surface area contributed by atoms with Gasteiger partial charge in [0, 0.05) is 45.6 Å². The van der Waals surface area contributed by atoms with E-state index in [1.165, 1.54) is 11.8 Å². The summed E-state index contributed by atoms with van der Waals surface area (Å²) in [6.07, 6.45) is 10.7. The van der Waals surface area contributed by atoms with Gasteiger partial charge in [-0.15, -0.1) is 0 Å². The fourth-order valence-corrected chi connectivity index (χ4v) is 5.52. The number of sulfonamides is 1. The van der Waals surface area contributed by atoms with Gasteiger partial charge < -0.3 is 4.90 Å². The molecule has 0 radical (unpaired) electrons. The lowest BCUT2D eigenvalue weighted by atomic mass is 9.91. The average Bonchev–Trinajstić information content (AvgIpc) is 3.15. The minimum Gasteiger partial charge on any atom is -0.357 e. The first-order valence-electron chi connectivity index (χ1n) is 9.74. The molecule has 2 aliphatic heterocycles. The SMILES string of the molecule is Cn1cc(C2CCN(c3ccc(S(=O)(=O)N4CCCCC4)cn3)CC2)cn1. The second-order valence-electron chi connectivity index (χ2n) is 7.53. The number of piperidine rings is 2. The van der Waals surface area contributed by atoms with Crippen LogP contribution in [0.5, 0.6) is 0 Å². The number of aromatic nitrogens is 3. The predicted molar refractivity (Wildman–Crippen MR) is 104 cm³/mol. The van der Waals surface area contributed by atoms with E-state index in [2.05, 4.69) is 21.2 Å². The first-order chi connectivity index (χ1) is 13.0. The van der Waals surface area contributed by atoms with E-state index < -0.39 is 10.0 Å². The molecule has 0 bridgehead atoms. The summed E-state index contributed by atoms with van der Waals surface area (Å²) in [5.41, 5.74) is 1.30. The van der Waals surface area contributed by atoms with Crippen molar-refractivity contribution in [2.45, 2.75) is 42.9 Å². The molecule has 0 aliphatic carbocycles. The third-order valence-corrected chi connectivity index (χ3v) is 7.57. The lowest BCUT2D eigenvalue weighted by molar-refractivity contribution is 0.346. The molecule has 0 unspecified atom stereocenters. The van der Waals surface area contributed by atoms with Crippen LogP contribution in [0.1, 0.15) is 43.6 Å². The van der Waals surface area contributed by atoms with Crippen LogP contribution in [0.25, 0.3) is 0 Å². The van der Waals surface area contributed by atoms with Gasteiger partial charge in [0.05, 0.1) is 6.20 Å². The highest BCUT2D eigenvalue weighted by molar-refractivity contribution is 7.89. The molecule has 0 amide bonds. The fourth-order valence-electron chi connectivity index (χ4n) is 4.06. The molecule has 0 N–H and O–H groups in total. The first-order valence-corrected chi connectivity index (χ1v) is 11.2. The zero-order valence-electron chi connectivity index (χ0n) is 15.8. The Kier molecular flexibility index (Phi) is 5.19. The Morgan fingerprint density at radius 3 is 2.33 bits per heavy atom. The van der Waals surface area contributed by atoms with Gasteiger partial charge in [-0.1, -0.05) is 6.42 Å². The third kappa shape index (κ3) is 3.87. The van der Waals surface area contributed by atoms with E-state index in [4.69, 9.17) is 0 Å². The van der Waals surface area contributed by atoms with Crippen molar-refractivity contribution in [1.82, 2.24) is 19.1 Å². The lowest BCUT2D eigenvalue weighted by Crippen LogP contribution is -2.36. The number of hydrogen-bond donors (Lipinski definition) is 0. The number of pyridine rings is 1. The number of nitrogens with zero attached hydrogens (tertiary/aromatic N) is 5. The molecule has 146 valence electrons. The van der Waals surface area contributed by atoms with Crippen LogP contribution < -0.4 is 4.90 Å². The molecule has 8 heteroatoms. The molecule has 2 saturated heterocycles. The van der Waals surface area contributed by atoms with Crippen molar-refractivity contribution < 1.29 is 8.42 Å². The quantitative estimate of drug-likeness (QED) is 0.803. The molecule has 7 nitrogen and oxygen atoms in total. The molecule has 0 spiro atoms. The Labute approximate surface area is 161 Å². The molecule has 0 atom stereocenters. The van der Waals surface area contributed by atoms with Crippen LogP contribution >= 0.6 is 0 Å². The van der Waals surface area contributed by atoms with Crippen LogP contribution in [0.2, 0.25) is 0 Å². The number of anilines is 1. The minimum atomic E-state index is -3.41. The van der Waals surface area contributed by atoms with Crippen LogP contribution in [-0.2, 0) is 17.1 Å². The summed E-state index contributed by atoms with van der Waals surface area (Å²) in [6.45, 7) is 3.08. The van der Waals surface area contributed by atoms with E-state index >= 15 is 0 Å². The molecule has 2 aromatic rings. The van der Waals surface area contributed by atoms with Crippen molar-refractivity contribution in [2.75, 3.05) is 31.1 Å². The number of hydrogen-bond acceptors (Lipinski definition) is 5. The lowest BCUT2D eigenvalue weighted by Gasteiger charge is -2.32. The van der Waals surface area contributed by atoms with E-state index in [9.17, 15) is 8.42 Å². The van der Waals surface area contributed by atoms with E-state index in [0.29, 0.717) is 23.9 Å². The van der Waals surface area contributed by atoms with Crippen molar-refractivity contribution in [3.05, 3.63) is 36.3 Å². The molecule has 27 heavy (non-hydrogen) atoms. The fraction of sp³-hybridized carbons (Fsp3) is 0.579. The average molecular weight is 390 g/mol. The summed E-state index contributed by atoms with van der Waals surface area (Å²) < 4.78 is 28.9. The Balaban J connectivity index is 1.41. The maximum Gasteiger partial charge on any atom is 0.244 e. The van der Waals surface area contributed by atoms with E-state index in [1.54, 1.807) is 10.4 Å². The van der Waals surface area contributed by atoms with Crippen molar-refractivity contribution in [3.63, 3.8) is 0 Å². The third-order valence-electron chi connectivity index (χ3n) is 5.69. The topological polar surface area (TPSA) is 71.3 Å². The Morgan fingerprint density at radius 1 is 1.00 bits per heavy atom. The maximum atomic E-state index is 12.7. The summed E-state index contributed by atoms with van der Waals surface area (Å²) in [7, 11) is -1.46. The summed E-state index contributed by atoms with van der Waals surface area (Å²) in [5.74, 6) is 1.39. The minimum absolute atomic E-state index is 0.304. The normalized spacial score (nSPS) is 20.1. The zero-order valence-corrected chi connectivity index (χ0v) is 16.6. The molecular formula is C19H27N5O2S. The predicted octanol–water partition coefficient (Wildman–Crippen LogP) is 2.37. The highest BCUT2D eigenvalue weighted by Crippen LogP contribution is 2.30. The number of rotatable bonds is 4. The van der Waals surface area contributed by atoms with Crippen molar-refractivity contribution >= 4 is 15.8 Å². The van der Waals surface area contributed by atoms with Gasteiger partial charge in [-0.05, 0) is 49.3 Å². The maximum absolute atomic E-state index is 12.7. The second kappa shape index (κ2) is 7.59. The molecule has 2 aliphatic rings. The van der Waals surface area contributed by atoms with E-state index in [0.717, 1.165) is 51.0 Å². The van der Waals surface area contributed by atoms with Crippen LogP contribution in [-0.4, -0.2) is 53.7 Å². The van der Waals surface area contributed by atoms with Crippen molar-refractivity contribution in [1.29, 1.82) is 0 Å². The summed E-state index contributed by atoms with van der Waals surface area (Å²) in [6, 6.07) is 3.56. The van der Waals surface area contributed by atoms with Gasteiger partial charge in [0.25, 0.3) is 0 Å². The van der Waals surface area contributed by atoms with Gasteiger partial charge in [0.15, 0.2) is 0 Å². The van der Waals surface area contributed by atoms with Gasteiger partial charge in [-0.25, -0.2) is 13.4 Å². The molecular weight excluding hydrogens is 362 g/mol. The molecule has 4 rings (SSSR count). The van der Waals surface area contributed by atoms with E-state index in [1.807, 2.05) is 24.0 Å². The van der Waals surface area contributed by atoms with Gasteiger partial charge in [-0.2, -0.15) is 9.40 Å². The largest absolute Gasteiger partial charge is 0.357 e. The smallest absolute Gasteiger partial charge is 0.244 e. The van der Waals surface area contributed by atoms with Gasteiger partial charge in [-0.3, -0.25) is 4.68 Å². The standard InChI is InChI=1S/C19H27N5O2S/c1-22-15-17(13-21-22)16-7-11-23(12-8-16)19-6-5-18(14-20-19)27(25,26)24-9-3-2-4-10-24/h5-6,13-16H,2-4,7-12H2,1H3. The monoisotopic (exact) mass is 389 g/mol. The molecule has 2 fully saturated rings. The second-order valence-corrected chi connectivity index (χ2v) is 9.46. The molecule has 0 aromatic carbocycles. The summed E-state index contributed by atoms with van der Waals surface area (Å²) in [4.78, 5) is 7.01. The van der Waals surface area contributed by atoms with Crippen LogP contribution in [0.15, 0.2) is 35.6 Å². The molecule has 2 aromatic heterocycles. The van der Waals surface area contributed by atoms with Crippen molar-refractivity contribution in [2.24, 2.45) is 7.05 Å². The molecule has 4 heterocycles. The van der Waals surface area contributed by atoms with Gasteiger partial charge >= 0.3 is 0 Å². The highest BCUT2D eigenvalue weighted by Gasteiger charge is 2.27. The summed E-state index contributed by atoms with van der Waals surface area (Å²) >= 11 is 0. The summed E-state index contributed by atoms with van der Waals surface area (Å²) in [5, 5.41) is 4.27. The highest BCUT2D eigenvalue weighted by atomic mass is 32.2. The Morgan fingerprint density at radius 2 is 1.74 bits per heavy atom. The Hall–Kier alpha value is -1.93. The van der Waals surface area contributed by atoms with Crippen LogP contribution in [0.3, 0.4) is 0 Å².